The highest BCUT2D eigenvalue weighted by atomic mass is 19.1. The lowest BCUT2D eigenvalue weighted by molar-refractivity contribution is -0.116. The van der Waals surface area contributed by atoms with Gasteiger partial charge in [-0.25, -0.2) is 4.39 Å². The Morgan fingerprint density at radius 3 is 2.27 bits per heavy atom. The molecule has 1 atom stereocenters. The van der Waals surface area contributed by atoms with Crippen molar-refractivity contribution in [2.75, 3.05) is 24.9 Å². The molecule has 1 unspecified atom stereocenters. The average Bonchev–Trinajstić information content (AvgIpc) is 2.76. The largest absolute Gasteiger partial charge is 0.497 e. The molecule has 156 valence electrons. The van der Waals surface area contributed by atoms with Gasteiger partial charge in [0.2, 0.25) is 5.91 Å². The van der Waals surface area contributed by atoms with Gasteiger partial charge in [-0.05, 0) is 55.5 Å². The molecule has 0 saturated heterocycles. The topological polar surface area (TPSA) is 68.8 Å². The van der Waals surface area contributed by atoms with Gasteiger partial charge in [-0.2, -0.15) is 0 Å². The van der Waals surface area contributed by atoms with E-state index < -0.39 is 11.9 Å². The Morgan fingerprint density at radius 1 is 0.900 bits per heavy atom. The van der Waals surface area contributed by atoms with Crippen molar-refractivity contribution in [1.29, 1.82) is 0 Å². The van der Waals surface area contributed by atoms with Crippen LogP contribution in [-0.4, -0.2) is 26.2 Å². The fourth-order valence-corrected chi connectivity index (χ4v) is 2.74. The van der Waals surface area contributed by atoms with E-state index >= 15 is 0 Å². The van der Waals surface area contributed by atoms with Crippen molar-refractivity contribution in [3.05, 3.63) is 72.5 Å². The summed E-state index contributed by atoms with van der Waals surface area (Å²) in [5.41, 5.74) is 0.782. The summed E-state index contributed by atoms with van der Waals surface area (Å²) in [4.78, 5) is 12.4. The zero-order valence-electron chi connectivity index (χ0n) is 16.9. The van der Waals surface area contributed by atoms with Gasteiger partial charge < -0.3 is 24.8 Å². The molecule has 3 aromatic rings. The molecule has 0 aliphatic carbocycles. The highest BCUT2D eigenvalue weighted by Gasteiger charge is 2.16. The van der Waals surface area contributed by atoms with Crippen LogP contribution < -0.4 is 24.8 Å². The molecule has 0 aliphatic heterocycles. The number of anilines is 2. The molecule has 0 heterocycles. The van der Waals surface area contributed by atoms with Gasteiger partial charge in [0.05, 0.1) is 19.9 Å². The van der Waals surface area contributed by atoms with Crippen molar-refractivity contribution in [2.45, 2.75) is 13.0 Å². The Bertz CT molecular complexity index is 1010. The maximum absolute atomic E-state index is 13.8. The molecule has 0 radical (unpaired) electrons. The molecule has 0 aromatic heterocycles. The summed E-state index contributed by atoms with van der Waals surface area (Å²) < 4.78 is 30.2. The monoisotopic (exact) mass is 410 g/mol. The quantitative estimate of drug-likeness (QED) is 0.542. The molecule has 0 saturated carbocycles. The molecule has 7 heteroatoms. The van der Waals surface area contributed by atoms with Crippen LogP contribution in [0.4, 0.5) is 15.8 Å². The van der Waals surface area contributed by atoms with Crippen LogP contribution >= 0.6 is 0 Å². The summed E-state index contributed by atoms with van der Waals surface area (Å²) in [6.07, 6.45) is 0. The normalized spacial score (nSPS) is 11.3. The molecule has 6 nitrogen and oxygen atoms in total. The second-order valence-corrected chi connectivity index (χ2v) is 6.48. The summed E-state index contributed by atoms with van der Waals surface area (Å²) in [5.74, 6) is 1.50. The van der Waals surface area contributed by atoms with Crippen LogP contribution in [0.15, 0.2) is 66.7 Å². The Morgan fingerprint density at radius 2 is 1.60 bits per heavy atom. The molecule has 0 bridgehead atoms. The minimum Gasteiger partial charge on any atom is -0.497 e. The third-order valence-electron chi connectivity index (χ3n) is 4.36. The van der Waals surface area contributed by atoms with E-state index in [2.05, 4.69) is 10.6 Å². The van der Waals surface area contributed by atoms with Crippen molar-refractivity contribution in [3.8, 4) is 23.0 Å². The second-order valence-electron chi connectivity index (χ2n) is 6.48. The van der Waals surface area contributed by atoms with E-state index in [0.717, 1.165) is 5.75 Å². The number of nitrogens with one attached hydrogen (secondary N) is 2. The first kappa shape index (κ1) is 21.0. The molecule has 0 aliphatic rings. The Kier molecular flexibility index (Phi) is 6.75. The molecule has 3 rings (SSSR count). The zero-order valence-corrected chi connectivity index (χ0v) is 16.9. The first-order valence-corrected chi connectivity index (χ1v) is 9.32. The van der Waals surface area contributed by atoms with E-state index in [9.17, 15) is 9.18 Å². The van der Waals surface area contributed by atoms with Crippen LogP contribution in [0.1, 0.15) is 6.92 Å². The fourth-order valence-electron chi connectivity index (χ4n) is 2.74. The molecule has 1 amide bonds. The average molecular weight is 410 g/mol. The van der Waals surface area contributed by atoms with Crippen LogP contribution in [-0.2, 0) is 4.79 Å². The SMILES string of the molecule is COc1ccc(Oc2cc(NC(C)C(=O)Nc3ccccc3F)ccc2OC)cc1. The minimum atomic E-state index is -0.619. The summed E-state index contributed by atoms with van der Waals surface area (Å²) in [5, 5.41) is 5.66. The maximum atomic E-state index is 13.8. The van der Waals surface area contributed by atoms with Gasteiger partial charge in [-0.1, -0.05) is 12.1 Å². The molecule has 30 heavy (non-hydrogen) atoms. The van der Waals surface area contributed by atoms with Crippen molar-refractivity contribution >= 4 is 17.3 Å². The van der Waals surface area contributed by atoms with Gasteiger partial charge in [0.15, 0.2) is 11.5 Å². The summed E-state index contributed by atoms with van der Waals surface area (Å²) in [6.45, 7) is 1.68. The predicted molar refractivity (Wildman–Crippen MR) is 114 cm³/mol. The number of ether oxygens (including phenoxy) is 3. The minimum absolute atomic E-state index is 0.134. The van der Waals surface area contributed by atoms with Crippen molar-refractivity contribution in [3.63, 3.8) is 0 Å². The van der Waals surface area contributed by atoms with Gasteiger partial charge in [0, 0.05) is 11.8 Å². The number of hydrogen-bond donors (Lipinski definition) is 2. The van der Waals surface area contributed by atoms with Crippen LogP contribution in [0.25, 0.3) is 0 Å². The van der Waals surface area contributed by atoms with Gasteiger partial charge in [-0.15, -0.1) is 0 Å². The van der Waals surface area contributed by atoms with Crippen molar-refractivity contribution in [2.24, 2.45) is 0 Å². The fraction of sp³-hybridized carbons (Fsp3) is 0.174. The van der Waals surface area contributed by atoms with E-state index in [-0.39, 0.29) is 11.6 Å². The highest BCUT2D eigenvalue weighted by molar-refractivity contribution is 5.96. The number of hydrogen-bond acceptors (Lipinski definition) is 5. The second kappa shape index (κ2) is 9.65. The predicted octanol–water partition coefficient (Wildman–Crippen LogP) is 5.07. The molecular weight excluding hydrogens is 387 g/mol. The number of benzene rings is 3. The van der Waals surface area contributed by atoms with E-state index in [0.29, 0.717) is 22.9 Å². The van der Waals surface area contributed by atoms with E-state index in [1.54, 1.807) is 75.7 Å². The van der Waals surface area contributed by atoms with Gasteiger partial charge in [0.1, 0.15) is 23.4 Å². The van der Waals surface area contributed by atoms with Crippen LogP contribution in [0.3, 0.4) is 0 Å². The number of carbonyl (C=O) groups is 1. The summed E-state index contributed by atoms with van der Waals surface area (Å²) >= 11 is 0. The first-order valence-electron chi connectivity index (χ1n) is 9.32. The summed E-state index contributed by atoms with van der Waals surface area (Å²) in [7, 11) is 3.14. The number of rotatable bonds is 8. The third-order valence-corrected chi connectivity index (χ3v) is 4.36. The van der Waals surface area contributed by atoms with Crippen LogP contribution in [0.5, 0.6) is 23.0 Å². The van der Waals surface area contributed by atoms with E-state index in [4.69, 9.17) is 14.2 Å². The van der Waals surface area contributed by atoms with E-state index in [1.165, 1.54) is 12.1 Å². The standard InChI is InChI=1S/C23H23FN2O4/c1-15(23(27)26-20-7-5-4-6-19(20)24)25-16-8-13-21(29-3)22(14-16)30-18-11-9-17(28-2)10-12-18/h4-15,25H,1-3H3,(H,26,27). The Hall–Kier alpha value is -3.74. The lowest BCUT2D eigenvalue weighted by Gasteiger charge is -2.17. The van der Waals surface area contributed by atoms with Crippen molar-refractivity contribution < 1.29 is 23.4 Å². The molecule has 2 N–H and O–H groups in total. The maximum Gasteiger partial charge on any atom is 0.246 e. The highest BCUT2D eigenvalue weighted by Crippen LogP contribution is 2.34. The molecule has 0 fully saturated rings. The van der Waals surface area contributed by atoms with Crippen LogP contribution in [0.2, 0.25) is 0 Å². The lowest BCUT2D eigenvalue weighted by Crippen LogP contribution is -2.32. The van der Waals surface area contributed by atoms with Crippen molar-refractivity contribution in [1.82, 2.24) is 0 Å². The Balaban J connectivity index is 1.71. The zero-order chi connectivity index (χ0) is 21.5. The smallest absolute Gasteiger partial charge is 0.246 e. The van der Waals surface area contributed by atoms with E-state index in [1.807, 2.05) is 0 Å². The molecule has 3 aromatic carbocycles. The van der Waals surface area contributed by atoms with Gasteiger partial charge >= 0.3 is 0 Å². The van der Waals surface area contributed by atoms with Crippen LogP contribution in [0, 0.1) is 5.82 Å². The molecule has 0 spiro atoms. The number of para-hydroxylation sites is 1. The van der Waals surface area contributed by atoms with Gasteiger partial charge in [-0.3, -0.25) is 4.79 Å². The molecular formula is C23H23FN2O4. The van der Waals surface area contributed by atoms with Gasteiger partial charge in [0.25, 0.3) is 0 Å². The number of halogens is 1. The first-order chi connectivity index (χ1) is 14.5. The number of amides is 1. The summed E-state index contributed by atoms with van der Waals surface area (Å²) in [6, 6.07) is 17.8. The lowest BCUT2D eigenvalue weighted by atomic mass is 10.2. The Labute approximate surface area is 174 Å². The number of methoxy groups -OCH3 is 2. The number of carbonyl (C=O) groups excluding carboxylic acids is 1. The third kappa shape index (κ3) is 5.20.